The van der Waals surface area contributed by atoms with Gasteiger partial charge >= 0.3 is 5.97 Å². The van der Waals surface area contributed by atoms with Gasteiger partial charge in [-0.2, -0.15) is 0 Å². The van der Waals surface area contributed by atoms with Gasteiger partial charge in [0.1, 0.15) is 5.78 Å². The number of likely N-dealkylation sites (tertiary alicyclic amines) is 1. The molecule has 1 saturated carbocycles. The van der Waals surface area contributed by atoms with E-state index in [1.807, 2.05) is 18.2 Å². The van der Waals surface area contributed by atoms with Gasteiger partial charge in [-0.25, -0.2) is 0 Å². The van der Waals surface area contributed by atoms with Crippen molar-refractivity contribution in [2.45, 2.75) is 68.6 Å². The number of hydrogen-bond donors (Lipinski definition) is 0. The van der Waals surface area contributed by atoms with E-state index in [0.29, 0.717) is 25.2 Å². The molecule has 1 heterocycles. The predicted molar refractivity (Wildman–Crippen MR) is 123 cm³/mol. The number of hydrogen-bond acceptors (Lipinski definition) is 6. The summed E-state index contributed by atoms with van der Waals surface area (Å²) in [6.07, 6.45) is 10.3. The average molecular weight is 444 g/mol. The summed E-state index contributed by atoms with van der Waals surface area (Å²) in [4.78, 5) is 26.7. The van der Waals surface area contributed by atoms with Crippen molar-refractivity contribution in [1.82, 2.24) is 4.90 Å². The van der Waals surface area contributed by atoms with Gasteiger partial charge in [0, 0.05) is 46.6 Å². The molecule has 1 aliphatic heterocycles. The minimum absolute atomic E-state index is 0.0500. The van der Waals surface area contributed by atoms with E-state index in [1.165, 1.54) is 7.11 Å². The summed E-state index contributed by atoms with van der Waals surface area (Å²) in [5.41, 5.74) is 0.885. The minimum Gasteiger partial charge on any atom is -0.469 e. The van der Waals surface area contributed by atoms with Crippen LogP contribution in [0.5, 0.6) is 0 Å². The third-order valence-corrected chi connectivity index (χ3v) is 7.13. The van der Waals surface area contributed by atoms with Crippen molar-refractivity contribution in [2.75, 3.05) is 34.4 Å². The molecule has 32 heavy (non-hydrogen) atoms. The molecule has 0 radical (unpaired) electrons. The molecule has 1 aromatic carbocycles. The van der Waals surface area contributed by atoms with Gasteiger partial charge in [0.15, 0.2) is 5.79 Å². The first kappa shape index (κ1) is 24.6. The van der Waals surface area contributed by atoms with E-state index < -0.39 is 5.79 Å². The molecule has 6 heteroatoms. The van der Waals surface area contributed by atoms with Crippen LogP contribution in [0.2, 0.25) is 0 Å². The maximum atomic E-state index is 13.2. The van der Waals surface area contributed by atoms with Crippen molar-refractivity contribution >= 4 is 11.8 Å². The SMILES string of the molecule is COC(=O)CCCC=CC[C@@H]1N(CCC(=O)C2(c3ccccc3)CC2)CCC1(OC)OC. The number of methoxy groups -OCH3 is 3. The van der Waals surface area contributed by atoms with Crippen LogP contribution in [0.4, 0.5) is 0 Å². The van der Waals surface area contributed by atoms with Crippen LogP contribution in [0.3, 0.4) is 0 Å². The third kappa shape index (κ3) is 5.48. The Hall–Kier alpha value is -2.02. The quantitative estimate of drug-likeness (QED) is 0.198. The second-order valence-electron chi connectivity index (χ2n) is 8.82. The molecule has 1 aromatic rings. The number of Topliss-reactive ketones (excluding diaryl/α,β-unsaturated/α-hetero) is 1. The van der Waals surface area contributed by atoms with Gasteiger partial charge in [-0.15, -0.1) is 0 Å². The number of benzene rings is 1. The molecule has 2 aliphatic rings. The van der Waals surface area contributed by atoms with Gasteiger partial charge < -0.3 is 14.2 Å². The Balaban J connectivity index is 1.57. The van der Waals surface area contributed by atoms with Crippen LogP contribution in [0, 0.1) is 0 Å². The Morgan fingerprint density at radius 2 is 1.75 bits per heavy atom. The van der Waals surface area contributed by atoms with Crippen LogP contribution >= 0.6 is 0 Å². The number of ether oxygens (including phenoxy) is 3. The van der Waals surface area contributed by atoms with Crippen LogP contribution in [-0.4, -0.2) is 62.9 Å². The second kappa shape index (κ2) is 11.2. The number of ketones is 1. The molecule has 1 saturated heterocycles. The van der Waals surface area contributed by atoms with Crippen LogP contribution in [0.25, 0.3) is 0 Å². The molecule has 0 amide bonds. The van der Waals surface area contributed by atoms with Gasteiger partial charge in [0.2, 0.25) is 0 Å². The lowest BCUT2D eigenvalue weighted by atomic mass is 9.89. The van der Waals surface area contributed by atoms with E-state index in [2.05, 4.69) is 33.9 Å². The molecule has 6 nitrogen and oxygen atoms in total. The first-order valence-corrected chi connectivity index (χ1v) is 11.7. The predicted octanol–water partition coefficient (Wildman–Crippen LogP) is 4.03. The van der Waals surface area contributed by atoms with E-state index >= 15 is 0 Å². The Bertz CT molecular complexity index is 783. The summed E-state index contributed by atoms with van der Waals surface area (Å²) < 4.78 is 16.3. The second-order valence-corrected chi connectivity index (χ2v) is 8.82. The van der Waals surface area contributed by atoms with E-state index in [4.69, 9.17) is 9.47 Å². The number of carbonyl (C=O) groups is 2. The molecule has 1 atom stereocenters. The number of nitrogens with zero attached hydrogens (tertiary/aromatic N) is 1. The molecule has 2 fully saturated rings. The summed E-state index contributed by atoms with van der Waals surface area (Å²) in [6.45, 7) is 1.55. The van der Waals surface area contributed by atoms with Gasteiger partial charge in [0.05, 0.1) is 18.6 Å². The van der Waals surface area contributed by atoms with Crippen molar-refractivity contribution in [3.8, 4) is 0 Å². The molecule has 0 unspecified atom stereocenters. The highest BCUT2D eigenvalue weighted by Crippen LogP contribution is 2.49. The molecule has 1 aliphatic carbocycles. The Kier molecular flexibility index (Phi) is 8.63. The Morgan fingerprint density at radius 3 is 2.38 bits per heavy atom. The number of carbonyl (C=O) groups excluding carboxylic acids is 2. The van der Waals surface area contributed by atoms with Crippen molar-refractivity contribution in [3.63, 3.8) is 0 Å². The van der Waals surface area contributed by atoms with Crippen molar-refractivity contribution < 1.29 is 23.8 Å². The zero-order valence-electron chi connectivity index (χ0n) is 19.7. The number of unbranched alkanes of at least 4 members (excludes halogenated alkanes) is 1. The normalized spacial score (nSPS) is 21.7. The van der Waals surface area contributed by atoms with Gasteiger partial charge in [0.25, 0.3) is 0 Å². The van der Waals surface area contributed by atoms with E-state index in [9.17, 15) is 9.59 Å². The summed E-state index contributed by atoms with van der Waals surface area (Å²) in [6, 6.07) is 10.2. The maximum Gasteiger partial charge on any atom is 0.305 e. The number of rotatable bonds is 13. The maximum absolute atomic E-state index is 13.2. The highest BCUT2D eigenvalue weighted by Gasteiger charge is 2.51. The first-order valence-electron chi connectivity index (χ1n) is 11.7. The molecule has 3 rings (SSSR count). The standard InChI is InChI=1S/C26H37NO5/c1-30-24(29)14-10-5-4-9-13-22-26(31-2,32-3)18-20-27(22)19-15-23(28)25(16-17-25)21-11-7-6-8-12-21/h4,6-9,11-12,22H,5,10,13-20H2,1-3H3/t22-/m0/s1. The number of allylic oxidation sites excluding steroid dienone is 1. The minimum atomic E-state index is -0.657. The molecular formula is C26H37NO5. The lowest BCUT2D eigenvalue weighted by Crippen LogP contribution is -2.47. The van der Waals surface area contributed by atoms with Gasteiger partial charge in [-0.1, -0.05) is 42.5 Å². The molecule has 0 bridgehead atoms. The molecule has 0 N–H and O–H groups in total. The van der Waals surface area contributed by atoms with E-state index in [1.54, 1.807) is 14.2 Å². The third-order valence-electron chi connectivity index (χ3n) is 7.13. The van der Waals surface area contributed by atoms with Gasteiger partial charge in [-0.3, -0.25) is 14.5 Å². The molecule has 0 aromatic heterocycles. The lowest BCUT2D eigenvalue weighted by molar-refractivity contribution is -0.218. The monoisotopic (exact) mass is 443 g/mol. The largest absolute Gasteiger partial charge is 0.469 e. The smallest absolute Gasteiger partial charge is 0.305 e. The Morgan fingerprint density at radius 1 is 1.03 bits per heavy atom. The van der Waals surface area contributed by atoms with Gasteiger partial charge in [-0.05, 0) is 37.7 Å². The summed E-state index contributed by atoms with van der Waals surface area (Å²) in [7, 11) is 4.80. The molecule has 176 valence electrons. The topological polar surface area (TPSA) is 65.1 Å². The van der Waals surface area contributed by atoms with Crippen LogP contribution in [-0.2, 0) is 29.2 Å². The van der Waals surface area contributed by atoms with E-state index in [-0.39, 0.29) is 17.4 Å². The highest BCUT2D eigenvalue weighted by atomic mass is 16.7. The lowest BCUT2D eigenvalue weighted by Gasteiger charge is -2.35. The number of esters is 1. The fraction of sp³-hybridized carbons (Fsp3) is 0.615. The zero-order valence-corrected chi connectivity index (χ0v) is 19.7. The Labute approximate surface area is 191 Å². The average Bonchev–Trinajstić information content (AvgIpc) is 3.57. The van der Waals surface area contributed by atoms with E-state index in [0.717, 1.165) is 50.6 Å². The van der Waals surface area contributed by atoms with Crippen LogP contribution in [0.1, 0.15) is 56.9 Å². The summed E-state index contributed by atoms with van der Waals surface area (Å²) in [5.74, 6) is -0.490. The van der Waals surface area contributed by atoms with Crippen LogP contribution in [0.15, 0.2) is 42.5 Å². The first-order chi connectivity index (χ1) is 15.5. The molecule has 0 spiro atoms. The fourth-order valence-corrected chi connectivity index (χ4v) is 4.96. The summed E-state index contributed by atoms with van der Waals surface area (Å²) in [5, 5.41) is 0. The van der Waals surface area contributed by atoms with Crippen molar-refractivity contribution in [1.29, 1.82) is 0 Å². The van der Waals surface area contributed by atoms with Crippen molar-refractivity contribution in [3.05, 3.63) is 48.0 Å². The highest BCUT2D eigenvalue weighted by molar-refractivity contribution is 5.93. The fourth-order valence-electron chi connectivity index (χ4n) is 4.96. The van der Waals surface area contributed by atoms with Crippen LogP contribution < -0.4 is 0 Å². The van der Waals surface area contributed by atoms with Crippen molar-refractivity contribution in [2.24, 2.45) is 0 Å². The molecular weight excluding hydrogens is 406 g/mol. The summed E-state index contributed by atoms with van der Waals surface area (Å²) >= 11 is 0. The zero-order chi connectivity index (χ0) is 23.0.